The summed E-state index contributed by atoms with van der Waals surface area (Å²) in [6.07, 6.45) is 6.69. The largest absolute Gasteiger partial charge is 0.497 e. The monoisotopic (exact) mass is 276 g/mol. The van der Waals surface area contributed by atoms with Crippen LogP contribution in [0.3, 0.4) is 0 Å². The van der Waals surface area contributed by atoms with Crippen LogP contribution >= 0.6 is 0 Å². The molecule has 0 saturated heterocycles. The third-order valence-corrected chi connectivity index (χ3v) is 4.54. The van der Waals surface area contributed by atoms with Crippen LogP contribution in [0.5, 0.6) is 5.75 Å². The summed E-state index contributed by atoms with van der Waals surface area (Å²) >= 11 is 0. The van der Waals surface area contributed by atoms with Crippen LogP contribution in [0.1, 0.15) is 50.6 Å². The summed E-state index contributed by atoms with van der Waals surface area (Å²) in [5, 5.41) is 0. The van der Waals surface area contributed by atoms with Crippen molar-refractivity contribution in [3.8, 4) is 5.75 Å². The minimum atomic E-state index is 0.121. The molecule has 0 heterocycles. The molecule has 0 radical (unpaired) electrons. The molecule has 2 unspecified atom stereocenters. The number of likely N-dealkylation sites (N-methyl/N-ethyl adjacent to an activating group) is 1. The van der Waals surface area contributed by atoms with Crippen molar-refractivity contribution in [3.05, 3.63) is 29.8 Å². The third kappa shape index (κ3) is 3.53. The van der Waals surface area contributed by atoms with Crippen molar-refractivity contribution in [2.45, 2.75) is 57.2 Å². The quantitative estimate of drug-likeness (QED) is 0.896. The summed E-state index contributed by atoms with van der Waals surface area (Å²) in [6.45, 7) is 2.11. The molecule has 1 aliphatic carbocycles. The Morgan fingerprint density at radius 3 is 2.25 bits per heavy atom. The van der Waals surface area contributed by atoms with E-state index >= 15 is 0 Å². The van der Waals surface area contributed by atoms with Gasteiger partial charge in [0.1, 0.15) is 5.75 Å². The molecule has 0 bridgehead atoms. The van der Waals surface area contributed by atoms with Crippen molar-refractivity contribution < 1.29 is 4.74 Å². The highest BCUT2D eigenvalue weighted by Crippen LogP contribution is 2.31. The van der Waals surface area contributed by atoms with Crippen molar-refractivity contribution in [3.63, 3.8) is 0 Å². The summed E-state index contributed by atoms with van der Waals surface area (Å²) < 4.78 is 5.24. The molecular formula is C17H28N2O. The minimum absolute atomic E-state index is 0.121. The van der Waals surface area contributed by atoms with Gasteiger partial charge in [0.2, 0.25) is 0 Å². The fourth-order valence-corrected chi connectivity index (χ4v) is 3.43. The van der Waals surface area contributed by atoms with Crippen LogP contribution in [0.4, 0.5) is 0 Å². The average molecular weight is 276 g/mol. The summed E-state index contributed by atoms with van der Waals surface area (Å²) in [4.78, 5) is 2.49. The number of hydrogen-bond donors (Lipinski definition) is 1. The Bertz CT molecular complexity index is 396. The maximum absolute atomic E-state index is 6.27. The Hall–Kier alpha value is -1.06. The van der Waals surface area contributed by atoms with Crippen LogP contribution in [0, 0.1) is 0 Å². The van der Waals surface area contributed by atoms with E-state index in [9.17, 15) is 0 Å². The topological polar surface area (TPSA) is 38.5 Å². The van der Waals surface area contributed by atoms with Gasteiger partial charge in [-0.3, -0.25) is 4.90 Å². The van der Waals surface area contributed by atoms with Crippen molar-refractivity contribution in [1.29, 1.82) is 0 Å². The van der Waals surface area contributed by atoms with Gasteiger partial charge >= 0.3 is 0 Å². The lowest BCUT2D eigenvalue weighted by Crippen LogP contribution is -2.43. The fourth-order valence-electron chi connectivity index (χ4n) is 3.43. The predicted molar refractivity (Wildman–Crippen MR) is 84.0 cm³/mol. The molecule has 0 amide bonds. The number of benzene rings is 1. The maximum Gasteiger partial charge on any atom is 0.118 e. The predicted octanol–water partition coefficient (Wildman–Crippen LogP) is 3.35. The Balaban J connectivity index is 2.16. The lowest BCUT2D eigenvalue weighted by atomic mass is 9.90. The van der Waals surface area contributed by atoms with Crippen LogP contribution < -0.4 is 10.5 Å². The second-order valence-electron chi connectivity index (χ2n) is 6.03. The van der Waals surface area contributed by atoms with E-state index in [1.807, 2.05) is 12.1 Å². The van der Waals surface area contributed by atoms with E-state index in [4.69, 9.17) is 10.5 Å². The highest BCUT2D eigenvalue weighted by Gasteiger charge is 2.28. The molecular weight excluding hydrogens is 248 g/mol. The maximum atomic E-state index is 6.27. The van der Waals surface area contributed by atoms with E-state index in [1.54, 1.807) is 7.11 Å². The number of hydrogen-bond acceptors (Lipinski definition) is 3. The van der Waals surface area contributed by atoms with E-state index in [2.05, 4.69) is 31.0 Å². The van der Waals surface area contributed by atoms with Gasteiger partial charge < -0.3 is 10.5 Å². The molecule has 2 atom stereocenters. The lowest BCUT2D eigenvalue weighted by Gasteiger charge is -2.39. The zero-order valence-electron chi connectivity index (χ0n) is 13.0. The van der Waals surface area contributed by atoms with Crippen molar-refractivity contribution >= 4 is 0 Å². The summed E-state index contributed by atoms with van der Waals surface area (Å²) in [5.41, 5.74) is 7.56. The summed E-state index contributed by atoms with van der Waals surface area (Å²) in [7, 11) is 3.93. The van der Waals surface area contributed by atoms with Gasteiger partial charge in [-0.15, -0.1) is 0 Å². The van der Waals surface area contributed by atoms with Crippen molar-refractivity contribution in [2.24, 2.45) is 5.73 Å². The molecule has 1 saturated carbocycles. The van der Waals surface area contributed by atoms with E-state index in [0.717, 1.165) is 5.75 Å². The molecule has 0 spiro atoms. The first-order valence-electron chi connectivity index (χ1n) is 7.75. The zero-order chi connectivity index (χ0) is 14.5. The van der Waals surface area contributed by atoms with Gasteiger partial charge in [-0.05, 0) is 44.5 Å². The van der Waals surface area contributed by atoms with Gasteiger partial charge in [-0.1, -0.05) is 31.4 Å². The van der Waals surface area contributed by atoms with Gasteiger partial charge in [0.15, 0.2) is 0 Å². The molecule has 1 aromatic carbocycles. The first kappa shape index (κ1) is 15.3. The molecule has 3 heteroatoms. The van der Waals surface area contributed by atoms with Crippen LogP contribution in [0.2, 0.25) is 0 Å². The Morgan fingerprint density at radius 2 is 1.75 bits per heavy atom. The minimum Gasteiger partial charge on any atom is -0.497 e. The zero-order valence-corrected chi connectivity index (χ0v) is 13.0. The Labute approximate surface area is 123 Å². The second-order valence-corrected chi connectivity index (χ2v) is 6.03. The van der Waals surface area contributed by atoms with Gasteiger partial charge in [0, 0.05) is 18.1 Å². The van der Waals surface area contributed by atoms with E-state index in [1.165, 1.54) is 37.7 Å². The second kappa shape index (κ2) is 7.09. The number of nitrogens with two attached hydrogens (primary N) is 1. The fraction of sp³-hybridized carbons (Fsp3) is 0.647. The van der Waals surface area contributed by atoms with Crippen molar-refractivity contribution in [2.75, 3.05) is 14.2 Å². The van der Waals surface area contributed by atoms with Crippen LogP contribution in [0.15, 0.2) is 24.3 Å². The molecule has 1 fully saturated rings. The van der Waals surface area contributed by atoms with Crippen LogP contribution in [-0.4, -0.2) is 31.1 Å². The molecule has 1 aromatic rings. The number of nitrogens with zero attached hydrogens (tertiary/aromatic N) is 1. The first-order chi connectivity index (χ1) is 9.63. The Kier molecular flexibility index (Phi) is 5.44. The summed E-state index contributed by atoms with van der Waals surface area (Å²) in [5.74, 6) is 0.900. The van der Waals surface area contributed by atoms with Gasteiger partial charge in [0.05, 0.1) is 7.11 Å². The van der Waals surface area contributed by atoms with E-state index < -0.39 is 0 Å². The van der Waals surface area contributed by atoms with Gasteiger partial charge in [-0.25, -0.2) is 0 Å². The highest BCUT2D eigenvalue weighted by atomic mass is 16.5. The molecule has 0 aliphatic heterocycles. The third-order valence-electron chi connectivity index (χ3n) is 4.54. The van der Waals surface area contributed by atoms with Gasteiger partial charge in [-0.2, -0.15) is 0 Å². The van der Waals surface area contributed by atoms with E-state index in [-0.39, 0.29) is 12.1 Å². The smallest absolute Gasteiger partial charge is 0.118 e. The molecule has 2 N–H and O–H groups in total. The average Bonchev–Trinajstić information content (AvgIpc) is 2.48. The molecule has 20 heavy (non-hydrogen) atoms. The Morgan fingerprint density at radius 1 is 1.15 bits per heavy atom. The van der Waals surface area contributed by atoms with Crippen LogP contribution in [0.25, 0.3) is 0 Å². The lowest BCUT2D eigenvalue weighted by molar-refractivity contribution is 0.123. The first-order valence-corrected chi connectivity index (χ1v) is 7.75. The SMILES string of the molecule is COc1ccc(C(C(C)N)N(C)C2CCCCC2)cc1. The van der Waals surface area contributed by atoms with Crippen LogP contribution in [-0.2, 0) is 0 Å². The summed E-state index contributed by atoms with van der Waals surface area (Å²) in [6, 6.07) is 9.42. The number of rotatable bonds is 5. The standard InChI is InChI=1S/C17H28N2O/c1-13(18)17(14-9-11-16(20-3)12-10-14)19(2)15-7-5-4-6-8-15/h9-13,15,17H,4-8,18H2,1-3H3. The molecule has 1 aliphatic rings. The molecule has 3 nitrogen and oxygen atoms in total. The number of methoxy groups -OCH3 is 1. The van der Waals surface area contributed by atoms with E-state index in [0.29, 0.717) is 6.04 Å². The van der Waals surface area contributed by atoms with Gasteiger partial charge in [0.25, 0.3) is 0 Å². The molecule has 112 valence electrons. The number of ether oxygens (including phenoxy) is 1. The van der Waals surface area contributed by atoms with Crippen molar-refractivity contribution in [1.82, 2.24) is 4.90 Å². The molecule has 2 rings (SSSR count). The highest BCUT2D eigenvalue weighted by molar-refractivity contribution is 5.30. The normalized spacial score (nSPS) is 19.9. The molecule has 0 aromatic heterocycles.